The van der Waals surface area contributed by atoms with Crippen molar-refractivity contribution < 1.29 is 0 Å². The van der Waals surface area contributed by atoms with Crippen molar-refractivity contribution in [2.45, 2.75) is 31.2 Å². The first-order chi connectivity index (χ1) is 4.27. The summed E-state index contributed by atoms with van der Waals surface area (Å²) in [5.41, 5.74) is 10.4. The van der Waals surface area contributed by atoms with Gasteiger partial charge in [-0.15, -0.1) is 11.6 Å². The van der Waals surface area contributed by atoms with Gasteiger partial charge in [0.1, 0.15) is 0 Å². The van der Waals surface area contributed by atoms with Crippen LogP contribution in [-0.2, 0) is 0 Å². The summed E-state index contributed by atoms with van der Waals surface area (Å²) in [5, 5.41) is 0. The van der Waals surface area contributed by atoms with Gasteiger partial charge in [0, 0.05) is 0 Å². The third-order valence-corrected chi connectivity index (χ3v) is 1.40. The molecule has 0 rings (SSSR count). The number of alkyl halides is 1. The third kappa shape index (κ3) is 8.21. The van der Waals surface area contributed by atoms with Gasteiger partial charge in [-0.2, -0.15) is 0 Å². The number of rotatable bonds is 5. The van der Waals surface area contributed by atoms with Gasteiger partial charge >= 0.3 is 0 Å². The van der Waals surface area contributed by atoms with Gasteiger partial charge in [0.25, 0.3) is 0 Å². The first-order valence-electron chi connectivity index (χ1n) is 3.37. The zero-order chi connectivity index (χ0) is 7.11. The molecule has 9 heavy (non-hydrogen) atoms. The van der Waals surface area contributed by atoms with Crippen LogP contribution < -0.4 is 11.5 Å². The van der Waals surface area contributed by atoms with E-state index in [4.69, 9.17) is 23.1 Å². The zero-order valence-electron chi connectivity index (χ0n) is 5.65. The van der Waals surface area contributed by atoms with E-state index in [2.05, 4.69) is 0 Å². The molecule has 3 heteroatoms. The Bertz CT molecular complexity index is 57.0. The fourth-order valence-electron chi connectivity index (χ4n) is 0.660. The van der Waals surface area contributed by atoms with Crippen LogP contribution in [-0.4, -0.2) is 12.0 Å². The average molecular weight is 151 g/mol. The van der Waals surface area contributed by atoms with Crippen LogP contribution in [0.2, 0.25) is 0 Å². The first-order valence-corrected chi connectivity index (χ1v) is 3.80. The Labute approximate surface area is 61.5 Å². The number of hydrogen-bond acceptors (Lipinski definition) is 2. The summed E-state index contributed by atoms with van der Waals surface area (Å²) in [7, 11) is 0. The van der Waals surface area contributed by atoms with Crippen LogP contribution in [0.5, 0.6) is 0 Å². The Morgan fingerprint density at radius 2 is 1.89 bits per heavy atom. The van der Waals surface area contributed by atoms with E-state index >= 15 is 0 Å². The van der Waals surface area contributed by atoms with E-state index in [-0.39, 0.29) is 5.50 Å². The minimum absolute atomic E-state index is 0.164. The summed E-state index contributed by atoms with van der Waals surface area (Å²) >= 11 is 5.50. The predicted octanol–water partition coefficient (Wildman–Crippen LogP) is 1.03. The van der Waals surface area contributed by atoms with Crippen LogP contribution in [0, 0.1) is 0 Å². The molecule has 2 nitrogen and oxygen atoms in total. The van der Waals surface area contributed by atoms with Crippen molar-refractivity contribution in [3.8, 4) is 0 Å². The quantitative estimate of drug-likeness (QED) is 0.350. The summed E-state index contributed by atoms with van der Waals surface area (Å²) in [4.78, 5) is 0. The standard InChI is InChI=1S/C6H15ClN2/c7-6(9)4-2-1-3-5-8/h6H,1-5,8-9H2. The highest BCUT2D eigenvalue weighted by molar-refractivity contribution is 6.20. The lowest BCUT2D eigenvalue weighted by Crippen LogP contribution is -2.10. The molecule has 0 amide bonds. The smallest absolute Gasteiger partial charge is 0.0800 e. The van der Waals surface area contributed by atoms with Crippen LogP contribution in [0.3, 0.4) is 0 Å². The summed E-state index contributed by atoms with van der Waals surface area (Å²) < 4.78 is 0. The molecule has 1 unspecified atom stereocenters. The molecule has 0 radical (unpaired) electrons. The lowest BCUT2D eigenvalue weighted by Gasteiger charge is -2.00. The van der Waals surface area contributed by atoms with Crippen molar-refractivity contribution >= 4 is 11.6 Å². The van der Waals surface area contributed by atoms with Gasteiger partial charge in [-0.05, 0) is 19.4 Å². The Hall–Kier alpha value is 0.210. The fraction of sp³-hybridized carbons (Fsp3) is 1.00. The molecule has 0 aromatic carbocycles. The highest BCUT2D eigenvalue weighted by atomic mass is 35.5. The lowest BCUT2D eigenvalue weighted by molar-refractivity contribution is 0.633. The molecule has 0 fully saturated rings. The zero-order valence-corrected chi connectivity index (χ0v) is 6.40. The van der Waals surface area contributed by atoms with Crippen molar-refractivity contribution in [1.29, 1.82) is 0 Å². The molecular weight excluding hydrogens is 136 g/mol. The van der Waals surface area contributed by atoms with Crippen LogP contribution in [0.15, 0.2) is 0 Å². The number of nitrogens with two attached hydrogens (primary N) is 2. The van der Waals surface area contributed by atoms with Crippen LogP contribution in [0.25, 0.3) is 0 Å². The maximum Gasteiger partial charge on any atom is 0.0800 e. The van der Waals surface area contributed by atoms with Gasteiger partial charge in [0.2, 0.25) is 0 Å². The van der Waals surface area contributed by atoms with Gasteiger partial charge < -0.3 is 11.5 Å². The predicted molar refractivity (Wildman–Crippen MR) is 41.4 cm³/mol. The molecule has 0 aliphatic heterocycles. The molecule has 0 saturated carbocycles. The highest BCUT2D eigenvalue weighted by Gasteiger charge is 1.94. The van der Waals surface area contributed by atoms with Crippen LogP contribution in [0.1, 0.15) is 25.7 Å². The maximum absolute atomic E-state index is 5.50. The third-order valence-electron chi connectivity index (χ3n) is 1.18. The molecule has 0 aliphatic rings. The van der Waals surface area contributed by atoms with E-state index < -0.39 is 0 Å². The van der Waals surface area contributed by atoms with Gasteiger partial charge in [0.05, 0.1) is 5.50 Å². The van der Waals surface area contributed by atoms with Gasteiger partial charge in [-0.3, -0.25) is 0 Å². The van der Waals surface area contributed by atoms with E-state index in [1.807, 2.05) is 0 Å². The minimum Gasteiger partial charge on any atom is -0.330 e. The normalized spacial score (nSPS) is 13.7. The monoisotopic (exact) mass is 150 g/mol. The molecule has 0 saturated heterocycles. The largest absolute Gasteiger partial charge is 0.330 e. The molecular formula is C6H15ClN2. The van der Waals surface area contributed by atoms with Crippen molar-refractivity contribution in [2.75, 3.05) is 6.54 Å². The number of unbranched alkanes of at least 4 members (excludes halogenated alkanes) is 2. The summed E-state index contributed by atoms with van der Waals surface area (Å²) in [6.07, 6.45) is 4.24. The van der Waals surface area contributed by atoms with Gasteiger partial charge in [-0.1, -0.05) is 12.8 Å². The van der Waals surface area contributed by atoms with Crippen LogP contribution >= 0.6 is 11.6 Å². The Kier molecular flexibility index (Phi) is 6.48. The van der Waals surface area contributed by atoms with Gasteiger partial charge in [-0.25, -0.2) is 0 Å². The molecule has 56 valence electrons. The molecule has 4 N–H and O–H groups in total. The Morgan fingerprint density at radius 1 is 1.22 bits per heavy atom. The molecule has 0 aromatic heterocycles. The molecule has 0 aliphatic carbocycles. The topological polar surface area (TPSA) is 52.0 Å². The molecule has 0 bridgehead atoms. The second kappa shape index (κ2) is 6.33. The van der Waals surface area contributed by atoms with E-state index in [0.29, 0.717) is 0 Å². The van der Waals surface area contributed by atoms with Crippen molar-refractivity contribution in [3.05, 3.63) is 0 Å². The summed E-state index contributed by atoms with van der Waals surface area (Å²) in [6, 6.07) is 0. The number of hydrogen-bond donors (Lipinski definition) is 2. The summed E-state index contributed by atoms with van der Waals surface area (Å²) in [5.74, 6) is 0. The van der Waals surface area contributed by atoms with Gasteiger partial charge in [0.15, 0.2) is 0 Å². The van der Waals surface area contributed by atoms with E-state index in [0.717, 1.165) is 32.2 Å². The molecule has 0 heterocycles. The first kappa shape index (κ1) is 9.21. The Balaban J connectivity index is 2.75. The van der Waals surface area contributed by atoms with E-state index in [9.17, 15) is 0 Å². The highest BCUT2D eigenvalue weighted by Crippen LogP contribution is 2.03. The minimum atomic E-state index is -0.164. The fourth-order valence-corrected chi connectivity index (χ4v) is 0.815. The molecule has 0 spiro atoms. The lowest BCUT2D eigenvalue weighted by atomic mass is 10.2. The maximum atomic E-state index is 5.50. The molecule has 0 aromatic rings. The molecule has 1 atom stereocenters. The Morgan fingerprint density at radius 3 is 2.33 bits per heavy atom. The van der Waals surface area contributed by atoms with E-state index in [1.165, 1.54) is 0 Å². The van der Waals surface area contributed by atoms with Crippen molar-refractivity contribution in [1.82, 2.24) is 0 Å². The van der Waals surface area contributed by atoms with Crippen LogP contribution in [0.4, 0.5) is 0 Å². The SMILES string of the molecule is NCCCCCC(N)Cl. The average Bonchev–Trinajstić information content (AvgIpc) is 1.80. The summed E-state index contributed by atoms with van der Waals surface area (Å²) in [6.45, 7) is 0.775. The van der Waals surface area contributed by atoms with Crippen molar-refractivity contribution in [3.63, 3.8) is 0 Å². The van der Waals surface area contributed by atoms with Crippen molar-refractivity contribution in [2.24, 2.45) is 11.5 Å². The second-order valence-corrected chi connectivity index (χ2v) is 2.71. The van der Waals surface area contributed by atoms with E-state index in [1.54, 1.807) is 0 Å². The second-order valence-electron chi connectivity index (χ2n) is 2.15. The number of halogens is 1.